The molecule has 2 aromatic rings. The number of imide groups is 1. The SMILES string of the molecule is CC[C@]1(c2ccccc2)NC(=O)N(/N=C/c2ccc(O)c(OC)c2)C1=O. The van der Waals surface area contributed by atoms with Gasteiger partial charge in [0.15, 0.2) is 11.5 Å². The second kappa shape index (κ2) is 6.87. The van der Waals surface area contributed by atoms with E-state index in [0.29, 0.717) is 17.5 Å². The number of carbonyl (C=O) groups excluding carboxylic acids is 2. The number of aromatic hydroxyl groups is 1. The van der Waals surface area contributed by atoms with Gasteiger partial charge in [-0.25, -0.2) is 4.79 Å². The molecule has 0 aromatic heterocycles. The molecule has 1 aliphatic rings. The van der Waals surface area contributed by atoms with Gasteiger partial charge in [-0.15, -0.1) is 5.01 Å². The summed E-state index contributed by atoms with van der Waals surface area (Å²) >= 11 is 0. The number of ether oxygens (including phenoxy) is 1. The number of rotatable bonds is 5. The predicted molar refractivity (Wildman–Crippen MR) is 96.0 cm³/mol. The average molecular weight is 353 g/mol. The minimum atomic E-state index is -1.12. The number of urea groups is 1. The second-order valence-electron chi connectivity index (χ2n) is 5.85. The third-order valence-electron chi connectivity index (χ3n) is 4.39. The number of carbonyl (C=O) groups is 2. The Labute approximate surface area is 150 Å². The van der Waals surface area contributed by atoms with Crippen molar-refractivity contribution in [1.82, 2.24) is 10.3 Å². The van der Waals surface area contributed by atoms with Gasteiger partial charge in [0.1, 0.15) is 5.54 Å². The van der Waals surface area contributed by atoms with E-state index < -0.39 is 17.5 Å². The molecule has 0 bridgehead atoms. The summed E-state index contributed by atoms with van der Waals surface area (Å²) < 4.78 is 5.04. The van der Waals surface area contributed by atoms with Crippen molar-refractivity contribution in [2.45, 2.75) is 18.9 Å². The first-order valence-electron chi connectivity index (χ1n) is 8.15. The number of hydrazone groups is 1. The first-order valence-corrected chi connectivity index (χ1v) is 8.15. The second-order valence-corrected chi connectivity index (χ2v) is 5.85. The Morgan fingerprint density at radius 3 is 2.62 bits per heavy atom. The van der Waals surface area contributed by atoms with Crippen LogP contribution in [0.3, 0.4) is 0 Å². The Bertz CT molecular complexity index is 866. The van der Waals surface area contributed by atoms with Gasteiger partial charge in [-0.2, -0.15) is 5.10 Å². The van der Waals surface area contributed by atoms with E-state index in [9.17, 15) is 14.7 Å². The number of nitrogens with one attached hydrogen (secondary N) is 1. The van der Waals surface area contributed by atoms with Crippen molar-refractivity contribution in [2.24, 2.45) is 5.10 Å². The summed E-state index contributed by atoms with van der Waals surface area (Å²) in [6, 6.07) is 13.1. The van der Waals surface area contributed by atoms with Crippen molar-refractivity contribution in [1.29, 1.82) is 0 Å². The standard InChI is InChI=1S/C19H19N3O4/c1-3-19(14-7-5-4-6-8-14)17(24)22(18(25)21-19)20-12-13-9-10-15(23)16(11-13)26-2/h4-12,23H,3H2,1-2H3,(H,21,25)/b20-12+/t19-/m1/s1. The lowest BCUT2D eigenvalue weighted by Gasteiger charge is -2.24. The maximum atomic E-state index is 12.9. The molecule has 1 heterocycles. The largest absolute Gasteiger partial charge is 0.504 e. The average Bonchev–Trinajstić information content (AvgIpc) is 2.92. The van der Waals surface area contributed by atoms with E-state index in [0.717, 1.165) is 5.01 Å². The highest BCUT2D eigenvalue weighted by atomic mass is 16.5. The topological polar surface area (TPSA) is 91.2 Å². The molecule has 3 amide bonds. The Morgan fingerprint density at radius 1 is 1.23 bits per heavy atom. The lowest BCUT2D eigenvalue weighted by molar-refractivity contribution is -0.131. The van der Waals surface area contributed by atoms with Gasteiger partial charge in [0.2, 0.25) is 0 Å². The molecule has 0 unspecified atom stereocenters. The van der Waals surface area contributed by atoms with Gasteiger partial charge in [-0.1, -0.05) is 37.3 Å². The molecular weight excluding hydrogens is 334 g/mol. The van der Waals surface area contributed by atoms with Crippen molar-refractivity contribution in [3.05, 3.63) is 59.7 Å². The van der Waals surface area contributed by atoms with Crippen LogP contribution in [0, 0.1) is 0 Å². The molecule has 2 aromatic carbocycles. The van der Waals surface area contributed by atoms with Crippen LogP contribution >= 0.6 is 0 Å². The van der Waals surface area contributed by atoms with Crippen molar-refractivity contribution in [3.63, 3.8) is 0 Å². The van der Waals surface area contributed by atoms with Gasteiger partial charge in [0.05, 0.1) is 13.3 Å². The summed E-state index contributed by atoms with van der Waals surface area (Å²) in [6.07, 6.45) is 1.77. The summed E-state index contributed by atoms with van der Waals surface area (Å²) in [5.74, 6) is -0.162. The van der Waals surface area contributed by atoms with Crippen LogP contribution in [0.25, 0.3) is 0 Å². The van der Waals surface area contributed by atoms with Gasteiger partial charge in [0.25, 0.3) is 5.91 Å². The molecule has 134 valence electrons. The number of amides is 3. The Kier molecular flexibility index (Phi) is 4.62. The minimum absolute atomic E-state index is 0.00582. The normalized spacial score (nSPS) is 19.8. The molecule has 1 saturated heterocycles. The predicted octanol–water partition coefficient (Wildman–Crippen LogP) is 2.59. The molecule has 0 aliphatic carbocycles. The first kappa shape index (κ1) is 17.5. The molecule has 0 saturated carbocycles. The van der Waals surface area contributed by atoms with Gasteiger partial charge >= 0.3 is 6.03 Å². The van der Waals surface area contributed by atoms with Gasteiger partial charge < -0.3 is 15.2 Å². The number of hydrogen-bond acceptors (Lipinski definition) is 5. The van der Waals surface area contributed by atoms with E-state index in [1.54, 1.807) is 24.3 Å². The number of nitrogens with zero attached hydrogens (tertiary/aromatic N) is 2. The van der Waals surface area contributed by atoms with Crippen LogP contribution in [0.4, 0.5) is 4.79 Å². The highest BCUT2D eigenvalue weighted by Gasteiger charge is 2.51. The van der Waals surface area contributed by atoms with E-state index in [1.807, 2.05) is 25.1 Å². The molecule has 26 heavy (non-hydrogen) atoms. The monoisotopic (exact) mass is 353 g/mol. The summed E-state index contributed by atoms with van der Waals surface area (Å²) in [6.45, 7) is 1.84. The third-order valence-corrected chi connectivity index (χ3v) is 4.39. The van der Waals surface area contributed by atoms with E-state index >= 15 is 0 Å². The number of methoxy groups -OCH3 is 1. The van der Waals surface area contributed by atoms with E-state index in [1.165, 1.54) is 19.4 Å². The zero-order valence-electron chi connectivity index (χ0n) is 14.5. The smallest absolute Gasteiger partial charge is 0.346 e. The molecule has 7 heteroatoms. The molecule has 3 rings (SSSR count). The molecule has 1 atom stereocenters. The van der Waals surface area contributed by atoms with Crippen molar-refractivity contribution in [2.75, 3.05) is 7.11 Å². The van der Waals surface area contributed by atoms with Crippen LogP contribution in [0.2, 0.25) is 0 Å². The summed E-state index contributed by atoms with van der Waals surface area (Å²) in [4.78, 5) is 25.3. The lowest BCUT2D eigenvalue weighted by Crippen LogP contribution is -2.43. The molecule has 1 fully saturated rings. The van der Waals surface area contributed by atoms with Crippen LogP contribution in [0.5, 0.6) is 11.5 Å². The van der Waals surface area contributed by atoms with E-state index in [-0.39, 0.29) is 11.5 Å². The number of phenolic OH excluding ortho intramolecular Hbond substituents is 1. The minimum Gasteiger partial charge on any atom is -0.504 e. The van der Waals surface area contributed by atoms with Crippen molar-refractivity contribution < 1.29 is 19.4 Å². The van der Waals surface area contributed by atoms with E-state index in [4.69, 9.17) is 4.74 Å². The summed E-state index contributed by atoms with van der Waals surface area (Å²) in [5, 5.41) is 17.3. The van der Waals surface area contributed by atoms with Crippen LogP contribution in [0.1, 0.15) is 24.5 Å². The fourth-order valence-electron chi connectivity index (χ4n) is 2.93. The highest BCUT2D eigenvalue weighted by Crippen LogP contribution is 2.32. The van der Waals surface area contributed by atoms with Crippen molar-refractivity contribution in [3.8, 4) is 11.5 Å². The van der Waals surface area contributed by atoms with Crippen LogP contribution in [0.15, 0.2) is 53.6 Å². The Balaban J connectivity index is 1.90. The van der Waals surface area contributed by atoms with Crippen molar-refractivity contribution >= 4 is 18.2 Å². The number of phenols is 1. The van der Waals surface area contributed by atoms with Crippen LogP contribution in [-0.4, -0.2) is 35.4 Å². The maximum Gasteiger partial charge on any atom is 0.346 e. The van der Waals surface area contributed by atoms with Gasteiger partial charge in [-0.3, -0.25) is 4.79 Å². The fourth-order valence-corrected chi connectivity index (χ4v) is 2.93. The third kappa shape index (κ3) is 2.88. The maximum absolute atomic E-state index is 12.9. The molecule has 1 aliphatic heterocycles. The summed E-state index contributed by atoms with van der Waals surface area (Å²) in [7, 11) is 1.43. The zero-order valence-corrected chi connectivity index (χ0v) is 14.5. The Hall–Kier alpha value is -3.35. The van der Waals surface area contributed by atoms with Crippen LogP contribution < -0.4 is 10.1 Å². The molecule has 0 radical (unpaired) electrons. The van der Waals surface area contributed by atoms with Gasteiger partial charge in [0, 0.05) is 0 Å². The van der Waals surface area contributed by atoms with Crippen LogP contribution in [-0.2, 0) is 10.3 Å². The quantitative estimate of drug-likeness (QED) is 0.638. The van der Waals surface area contributed by atoms with Gasteiger partial charge in [-0.05, 0) is 35.7 Å². The molecule has 7 nitrogen and oxygen atoms in total. The van der Waals surface area contributed by atoms with E-state index in [2.05, 4.69) is 10.4 Å². The number of benzene rings is 2. The molecular formula is C19H19N3O4. The first-order chi connectivity index (χ1) is 12.5. The highest BCUT2D eigenvalue weighted by molar-refractivity contribution is 6.07. The zero-order chi connectivity index (χ0) is 18.7. The summed E-state index contributed by atoms with van der Waals surface area (Å²) in [5.41, 5.74) is 0.168. The Morgan fingerprint density at radius 2 is 1.96 bits per heavy atom. The lowest BCUT2D eigenvalue weighted by atomic mass is 9.87. The fraction of sp³-hybridized carbons (Fsp3) is 0.211. The molecule has 0 spiro atoms. The number of hydrogen-bond donors (Lipinski definition) is 2. The molecule has 2 N–H and O–H groups in total.